The molecule has 1 aromatic rings. The molecule has 2 heteroatoms. The maximum atomic E-state index is 3.51. The number of benzene rings is 1. The van der Waals surface area contributed by atoms with Gasteiger partial charge in [0.15, 0.2) is 0 Å². The molecular formula is C10H14ClMn. The molecule has 0 aliphatic carbocycles. The average Bonchev–Trinajstić information content (AvgIpc) is 2.06. The third-order valence-corrected chi connectivity index (χ3v) is 2.93. The first-order valence-corrected chi connectivity index (χ1v) is 4.62. The molecule has 0 fully saturated rings. The molecular weight excluding hydrogens is 211 g/mol. The molecule has 0 nitrogen and oxygen atoms in total. The fourth-order valence-electron chi connectivity index (χ4n) is 0.966. The molecule has 0 heterocycles. The summed E-state index contributed by atoms with van der Waals surface area (Å²) in [6, 6.07) is 10.6. The summed E-state index contributed by atoms with van der Waals surface area (Å²) in [6.07, 6.45) is 0. The largest absolute Gasteiger partial charge is 0.147 e. The minimum atomic E-state index is 0. The summed E-state index contributed by atoms with van der Waals surface area (Å²) in [4.78, 5) is 0. The predicted octanol–water partition coefficient (Wildman–Crippen LogP) is 3.35. The summed E-state index contributed by atoms with van der Waals surface area (Å²) < 4.78 is 0. The Labute approximate surface area is 89.0 Å². The monoisotopic (exact) mass is 224 g/mol. The van der Waals surface area contributed by atoms with Gasteiger partial charge in [-0.3, -0.25) is 0 Å². The van der Waals surface area contributed by atoms with Crippen LogP contribution in [0.25, 0.3) is 0 Å². The predicted molar refractivity (Wildman–Crippen MR) is 51.5 cm³/mol. The van der Waals surface area contributed by atoms with Crippen LogP contribution in [0.5, 0.6) is 0 Å². The minimum absolute atomic E-state index is 0. The molecule has 0 aliphatic heterocycles. The van der Waals surface area contributed by atoms with E-state index in [0.717, 1.165) is 5.32 Å². The van der Waals surface area contributed by atoms with Crippen molar-refractivity contribution in [3.8, 4) is 0 Å². The van der Waals surface area contributed by atoms with Crippen molar-refractivity contribution in [3.63, 3.8) is 0 Å². The van der Waals surface area contributed by atoms with Crippen LogP contribution in [0, 0.1) is 0 Å². The summed E-state index contributed by atoms with van der Waals surface area (Å²) in [5, 5.41) is 1.00. The first-order chi connectivity index (χ1) is 5.17. The summed E-state index contributed by atoms with van der Waals surface area (Å²) >= 11 is 3.51. The van der Waals surface area contributed by atoms with Gasteiger partial charge in [-0.2, -0.15) is 0 Å². The minimum Gasteiger partial charge on any atom is -0.147 e. The third kappa shape index (κ3) is 2.82. The second kappa shape index (κ2) is 4.91. The molecule has 0 radical (unpaired) electrons. The normalized spacial score (nSPS) is 10.6. The van der Waals surface area contributed by atoms with Crippen LogP contribution in [-0.2, 0) is 21.4 Å². The zero-order chi connectivity index (χ0) is 8.32. The topological polar surface area (TPSA) is 0 Å². The number of halogens is 1. The van der Waals surface area contributed by atoms with Crippen molar-refractivity contribution < 1.29 is 16.0 Å². The molecule has 0 N–H and O–H groups in total. The van der Waals surface area contributed by atoms with Gasteiger partial charge in [0.25, 0.3) is 0 Å². The average molecular weight is 225 g/mol. The van der Waals surface area contributed by atoms with Crippen LogP contribution in [0.2, 0.25) is 5.32 Å². The van der Waals surface area contributed by atoms with E-state index in [1.54, 1.807) is 0 Å². The summed E-state index contributed by atoms with van der Waals surface area (Å²) in [5.41, 5.74) is 1.64. The molecule has 1 rings (SSSR count). The second-order valence-corrected chi connectivity index (χ2v) is 3.80. The Morgan fingerprint density at radius 1 is 1.17 bits per heavy atom. The maximum Gasteiger partial charge on any atom is -0.147 e. The molecule has 68 valence electrons. The Bertz CT molecular complexity index is 219. The van der Waals surface area contributed by atoms with Crippen LogP contribution in [0.1, 0.15) is 19.4 Å². The smallest absolute Gasteiger partial charge is 0.147 e. The van der Waals surface area contributed by atoms with Crippen molar-refractivity contribution in [2.75, 3.05) is 0 Å². The van der Waals surface area contributed by atoms with E-state index in [1.165, 1.54) is 5.56 Å². The second-order valence-electron chi connectivity index (χ2n) is 3.38. The van der Waals surface area contributed by atoms with Crippen LogP contribution in [0.3, 0.4) is 0 Å². The van der Waals surface area contributed by atoms with E-state index in [-0.39, 0.29) is 17.8 Å². The first kappa shape index (κ1) is 12.0. The van der Waals surface area contributed by atoms with Gasteiger partial charge in [0, 0.05) is 0 Å². The van der Waals surface area contributed by atoms with Crippen molar-refractivity contribution in [1.82, 2.24) is 0 Å². The fourth-order valence-corrected chi connectivity index (χ4v) is 1.21. The molecule has 12 heavy (non-hydrogen) atoms. The third-order valence-electron chi connectivity index (χ3n) is 1.89. The zero-order valence-electron chi connectivity index (χ0n) is 7.38. The van der Waals surface area contributed by atoms with Gasteiger partial charge in [0.1, 0.15) is 0 Å². The van der Waals surface area contributed by atoms with Crippen molar-refractivity contribution in [3.05, 3.63) is 35.9 Å². The fraction of sp³-hybridized carbons (Fsp3) is 0.400. The van der Waals surface area contributed by atoms with Gasteiger partial charge >= 0.3 is 76.5 Å². The Morgan fingerprint density at radius 3 is 2.08 bits per heavy atom. The SMILES string of the molecule is CC(C)([CH2][Mn])c1ccccc1.Cl. The van der Waals surface area contributed by atoms with Crippen molar-refractivity contribution >= 4 is 12.4 Å². The Balaban J connectivity index is 0.00000121. The van der Waals surface area contributed by atoms with Crippen LogP contribution in [0.4, 0.5) is 0 Å². The van der Waals surface area contributed by atoms with Gasteiger partial charge in [-0.1, -0.05) is 0 Å². The van der Waals surface area contributed by atoms with Crippen LogP contribution in [0.15, 0.2) is 30.3 Å². The number of rotatable bonds is 2. The van der Waals surface area contributed by atoms with E-state index in [0.29, 0.717) is 0 Å². The first-order valence-electron chi connectivity index (χ1n) is 3.78. The molecule has 0 atom stereocenters. The molecule has 0 aliphatic rings. The van der Waals surface area contributed by atoms with Crippen molar-refractivity contribution in [1.29, 1.82) is 0 Å². The summed E-state index contributed by atoms with van der Waals surface area (Å²) in [7, 11) is 0. The Kier molecular flexibility index (Phi) is 4.92. The molecule has 0 unspecified atom stereocenters. The van der Waals surface area contributed by atoms with Gasteiger partial charge in [-0.25, -0.2) is 0 Å². The molecule has 0 amide bonds. The molecule has 0 bridgehead atoms. The van der Waals surface area contributed by atoms with Crippen molar-refractivity contribution in [2.24, 2.45) is 0 Å². The van der Waals surface area contributed by atoms with Crippen LogP contribution < -0.4 is 0 Å². The Hall–Kier alpha value is 0.0295. The van der Waals surface area contributed by atoms with Crippen LogP contribution in [-0.4, -0.2) is 0 Å². The molecule has 1 aromatic carbocycles. The van der Waals surface area contributed by atoms with Crippen LogP contribution >= 0.6 is 12.4 Å². The number of hydrogen-bond donors (Lipinski definition) is 0. The summed E-state index contributed by atoms with van der Waals surface area (Å²) in [5.74, 6) is 0. The van der Waals surface area contributed by atoms with Gasteiger partial charge in [0.05, 0.1) is 0 Å². The molecule has 0 saturated heterocycles. The Morgan fingerprint density at radius 2 is 1.67 bits per heavy atom. The van der Waals surface area contributed by atoms with Gasteiger partial charge in [-0.15, -0.1) is 12.4 Å². The van der Waals surface area contributed by atoms with E-state index < -0.39 is 0 Å². The van der Waals surface area contributed by atoms with E-state index >= 15 is 0 Å². The standard InChI is InChI=1S/C10H13.ClH.Mn/c1-10(2,3)9-7-5-4-6-8-9;;/h4-8H,1H2,2-3H3;1H;. The number of hydrogen-bond acceptors (Lipinski definition) is 0. The van der Waals surface area contributed by atoms with E-state index in [9.17, 15) is 0 Å². The zero-order valence-corrected chi connectivity index (χ0v) is 9.38. The molecule has 0 saturated carbocycles. The molecule has 0 aromatic heterocycles. The maximum absolute atomic E-state index is 3.51. The van der Waals surface area contributed by atoms with Crippen molar-refractivity contribution in [2.45, 2.75) is 24.6 Å². The van der Waals surface area contributed by atoms with Gasteiger partial charge in [0.2, 0.25) is 0 Å². The molecule has 0 spiro atoms. The van der Waals surface area contributed by atoms with E-state index in [2.05, 4.69) is 54.1 Å². The summed E-state index contributed by atoms with van der Waals surface area (Å²) in [6.45, 7) is 4.47. The van der Waals surface area contributed by atoms with E-state index in [1.807, 2.05) is 6.07 Å². The van der Waals surface area contributed by atoms with Gasteiger partial charge < -0.3 is 0 Å². The quantitative estimate of drug-likeness (QED) is 0.676. The van der Waals surface area contributed by atoms with E-state index in [4.69, 9.17) is 0 Å². The van der Waals surface area contributed by atoms with Gasteiger partial charge in [-0.05, 0) is 0 Å².